The van der Waals surface area contributed by atoms with Gasteiger partial charge in [0.25, 0.3) is 0 Å². The lowest BCUT2D eigenvalue weighted by atomic mass is 10.0. The molecule has 3 N–H and O–H groups in total. The summed E-state index contributed by atoms with van der Waals surface area (Å²) in [7, 11) is 0. The van der Waals surface area contributed by atoms with Gasteiger partial charge in [-0.1, -0.05) is 62.7 Å². The van der Waals surface area contributed by atoms with Crippen molar-refractivity contribution in [2.45, 2.75) is 75.6 Å². The summed E-state index contributed by atoms with van der Waals surface area (Å²) in [4.78, 5) is 42.3. The zero-order chi connectivity index (χ0) is 27.4. The number of hydrogen-bond acceptors (Lipinski definition) is 6. The monoisotopic (exact) mass is 543 g/mol. The maximum Gasteiger partial charge on any atom is 0.236 e. The lowest BCUT2D eigenvalue weighted by Crippen LogP contribution is -2.54. The lowest BCUT2D eigenvalue weighted by molar-refractivity contribution is -0.133. The largest absolute Gasteiger partial charge is 0.356 e. The number of nitrogens with one attached hydrogen (secondary N) is 3. The van der Waals surface area contributed by atoms with E-state index in [-0.39, 0.29) is 23.6 Å². The van der Waals surface area contributed by atoms with Gasteiger partial charge in [0.2, 0.25) is 17.7 Å². The Morgan fingerprint density at radius 3 is 2.58 bits per heavy atom. The molecule has 0 bridgehead atoms. The molecule has 2 atom stereocenters. The number of carbonyl (C=O) groups excluding carboxylic acids is 3. The van der Waals surface area contributed by atoms with Gasteiger partial charge in [-0.15, -0.1) is 0 Å². The molecule has 2 aliphatic rings. The van der Waals surface area contributed by atoms with Crippen molar-refractivity contribution in [2.75, 3.05) is 44.6 Å². The average molecular weight is 544 g/mol. The third-order valence-electron chi connectivity index (χ3n) is 6.95. The molecule has 0 aromatic heterocycles. The van der Waals surface area contributed by atoms with Crippen molar-refractivity contribution in [1.82, 2.24) is 20.4 Å². The molecule has 0 aliphatic carbocycles. The van der Waals surface area contributed by atoms with Gasteiger partial charge >= 0.3 is 0 Å². The summed E-state index contributed by atoms with van der Waals surface area (Å²) in [6.45, 7) is 9.86. The van der Waals surface area contributed by atoms with Crippen molar-refractivity contribution < 1.29 is 14.4 Å². The lowest BCUT2D eigenvalue weighted by Gasteiger charge is -2.35. The normalized spacial score (nSPS) is 20.1. The maximum atomic E-state index is 12.7. The molecule has 38 heavy (non-hydrogen) atoms. The number of hydrogen-bond donors (Lipinski definition) is 3. The van der Waals surface area contributed by atoms with Gasteiger partial charge in [0.15, 0.2) is 4.99 Å². The van der Waals surface area contributed by atoms with Crippen LogP contribution in [-0.4, -0.2) is 71.8 Å². The average Bonchev–Trinajstić information content (AvgIpc) is 3.23. The van der Waals surface area contributed by atoms with Crippen LogP contribution in [-0.2, 0) is 14.4 Å². The number of anilines is 1. The van der Waals surface area contributed by atoms with E-state index in [4.69, 9.17) is 0 Å². The molecule has 8 nitrogen and oxygen atoms in total. The Kier molecular flexibility index (Phi) is 12.0. The summed E-state index contributed by atoms with van der Waals surface area (Å²) >= 11 is 1.61. The van der Waals surface area contributed by atoms with Crippen LogP contribution in [0.1, 0.15) is 65.7 Å². The predicted octanol–water partition coefficient (Wildman–Crippen LogP) is 4.20. The molecular weight excluding hydrogens is 498 g/mol. The molecule has 1 aromatic rings. The first kappa shape index (κ1) is 30.0. The van der Waals surface area contributed by atoms with Crippen molar-refractivity contribution in [2.24, 2.45) is 5.92 Å². The van der Waals surface area contributed by atoms with E-state index in [0.29, 0.717) is 45.7 Å². The van der Waals surface area contributed by atoms with Gasteiger partial charge in [0.1, 0.15) is 0 Å². The molecule has 1 saturated heterocycles. The fourth-order valence-electron chi connectivity index (χ4n) is 4.89. The number of rotatable bonds is 14. The van der Waals surface area contributed by atoms with Gasteiger partial charge in [0.05, 0.1) is 18.2 Å². The molecule has 0 saturated carbocycles. The zero-order valence-corrected chi connectivity index (χ0v) is 24.1. The van der Waals surface area contributed by atoms with Crippen molar-refractivity contribution in [3.63, 3.8) is 0 Å². The minimum Gasteiger partial charge on any atom is -0.356 e. The molecule has 3 amide bonds. The first-order chi connectivity index (χ1) is 18.3. The maximum absolute atomic E-state index is 12.7. The molecule has 2 aliphatic heterocycles. The Labute approximate surface area is 232 Å². The van der Waals surface area contributed by atoms with Crippen molar-refractivity contribution >= 4 is 35.2 Å². The SMILES string of the molecule is CC/C=C/[C@H](CCC)C(=O)NCCCCCC(=O)N1CCN(CC(=O)NC2(C)Nc3ccccc3S2)CC1. The van der Waals surface area contributed by atoms with E-state index >= 15 is 0 Å². The molecule has 2 heterocycles. The number of para-hydroxylation sites is 1. The zero-order valence-electron chi connectivity index (χ0n) is 23.3. The Balaban J connectivity index is 1.26. The van der Waals surface area contributed by atoms with Crippen molar-refractivity contribution in [3.05, 3.63) is 36.4 Å². The third kappa shape index (κ3) is 9.34. The number of allylic oxidation sites excluding steroid dienone is 1. The molecule has 1 aromatic carbocycles. The summed E-state index contributed by atoms with van der Waals surface area (Å²) in [5, 5.41) is 9.56. The topological polar surface area (TPSA) is 93.8 Å². The number of carbonyl (C=O) groups is 3. The molecule has 0 spiro atoms. The van der Waals surface area contributed by atoms with Crippen LogP contribution < -0.4 is 16.0 Å². The highest BCUT2D eigenvalue weighted by atomic mass is 32.2. The minimum absolute atomic E-state index is 0.0189. The van der Waals surface area contributed by atoms with Gasteiger partial charge in [0, 0.05) is 44.0 Å². The standard InChI is InChI=1S/C29H45N5O3S/c1-4-6-13-23(12-5-2)28(37)30-17-11-7-8-16-27(36)34-20-18-33(19-21-34)22-26(35)32-29(3)31-24-14-9-10-15-25(24)38-29/h6,9-10,13-15,23,31H,4-5,7-8,11-12,16-22H2,1-3H3,(H,30,37)(H,32,35)/b13-6+/t23-,29?/m0/s1. The molecular formula is C29H45N5O3S. The van der Waals surface area contributed by atoms with E-state index < -0.39 is 4.99 Å². The quantitative estimate of drug-likeness (QED) is 0.241. The van der Waals surface area contributed by atoms with E-state index in [2.05, 4.69) is 46.8 Å². The van der Waals surface area contributed by atoms with Gasteiger partial charge in [-0.25, -0.2) is 0 Å². The first-order valence-electron chi connectivity index (χ1n) is 14.1. The van der Waals surface area contributed by atoms with Crippen LogP contribution in [0.15, 0.2) is 41.3 Å². The third-order valence-corrected chi connectivity index (χ3v) is 8.14. The second-order valence-electron chi connectivity index (χ2n) is 10.3. The second kappa shape index (κ2) is 15.2. The van der Waals surface area contributed by atoms with Gasteiger partial charge < -0.3 is 20.9 Å². The number of amides is 3. The summed E-state index contributed by atoms with van der Waals surface area (Å²) in [6.07, 6.45) is 10.1. The van der Waals surface area contributed by atoms with Crippen LogP contribution >= 0.6 is 11.8 Å². The number of fused-ring (bicyclic) bond motifs is 1. The Morgan fingerprint density at radius 1 is 1.11 bits per heavy atom. The Hall–Kier alpha value is -2.52. The second-order valence-corrected chi connectivity index (χ2v) is 11.8. The number of benzene rings is 1. The van der Waals surface area contributed by atoms with Gasteiger partial charge in [-0.2, -0.15) is 0 Å². The first-order valence-corrected chi connectivity index (χ1v) is 15.0. The highest BCUT2D eigenvalue weighted by Gasteiger charge is 2.35. The van der Waals surface area contributed by atoms with E-state index in [1.165, 1.54) is 0 Å². The number of thioether (sulfide) groups is 1. The van der Waals surface area contributed by atoms with Crippen molar-refractivity contribution in [1.29, 1.82) is 0 Å². The van der Waals surface area contributed by atoms with Crippen LogP contribution in [0.5, 0.6) is 0 Å². The summed E-state index contributed by atoms with van der Waals surface area (Å²) in [5.74, 6) is 0.235. The number of unbranched alkanes of at least 4 members (excludes halogenated alkanes) is 2. The highest BCUT2D eigenvalue weighted by molar-refractivity contribution is 8.01. The summed E-state index contributed by atoms with van der Waals surface area (Å²) in [6, 6.07) is 8.05. The molecule has 9 heteroatoms. The minimum atomic E-state index is -0.551. The summed E-state index contributed by atoms with van der Waals surface area (Å²) in [5.41, 5.74) is 1.04. The van der Waals surface area contributed by atoms with Crippen LogP contribution in [0.4, 0.5) is 5.69 Å². The number of nitrogens with zero attached hydrogens (tertiary/aromatic N) is 2. The molecule has 3 rings (SSSR count). The van der Waals surface area contributed by atoms with E-state index in [1.807, 2.05) is 36.1 Å². The van der Waals surface area contributed by atoms with E-state index in [9.17, 15) is 14.4 Å². The van der Waals surface area contributed by atoms with Crippen LogP contribution in [0.3, 0.4) is 0 Å². The van der Waals surface area contributed by atoms with Gasteiger partial charge in [-0.05, 0) is 44.7 Å². The molecule has 1 fully saturated rings. The smallest absolute Gasteiger partial charge is 0.236 e. The molecule has 1 unspecified atom stereocenters. The van der Waals surface area contributed by atoms with Crippen molar-refractivity contribution in [3.8, 4) is 0 Å². The predicted molar refractivity (Wildman–Crippen MR) is 155 cm³/mol. The Morgan fingerprint density at radius 2 is 1.87 bits per heavy atom. The Bertz CT molecular complexity index is 936. The highest BCUT2D eigenvalue weighted by Crippen LogP contribution is 2.43. The van der Waals surface area contributed by atoms with Crippen LogP contribution in [0.25, 0.3) is 0 Å². The molecule has 0 radical (unpaired) electrons. The molecule has 210 valence electrons. The van der Waals surface area contributed by atoms with Gasteiger partial charge in [-0.3, -0.25) is 19.3 Å². The van der Waals surface area contributed by atoms with Crippen LogP contribution in [0, 0.1) is 5.92 Å². The fourth-order valence-corrected chi connectivity index (χ4v) is 6.03. The van der Waals surface area contributed by atoms with E-state index in [0.717, 1.165) is 49.1 Å². The number of piperazine rings is 1. The van der Waals surface area contributed by atoms with Crippen LogP contribution in [0.2, 0.25) is 0 Å². The summed E-state index contributed by atoms with van der Waals surface area (Å²) < 4.78 is 0. The van der Waals surface area contributed by atoms with E-state index in [1.54, 1.807) is 11.8 Å². The fraction of sp³-hybridized carbons (Fsp3) is 0.621.